The average Bonchev–Trinajstić information content (AvgIpc) is 3.44. The van der Waals surface area contributed by atoms with E-state index in [9.17, 15) is 9.59 Å². The van der Waals surface area contributed by atoms with Crippen LogP contribution < -0.4 is 20.3 Å². The van der Waals surface area contributed by atoms with Crippen LogP contribution in [0.5, 0.6) is 11.5 Å². The molecule has 2 aliphatic rings. The zero-order valence-electron chi connectivity index (χ0n) is 17.1. The summed E-state index contributed by atoms with van der Waals surface area (Å²) in [6, 6.07) is 5.60. The van der Waals surface area contributed by atoms with Crippen LogP contribution in [0.1, 0.15) is 31.4 Å². The molecular weight excluding hydrogens is 422 g/mol. The van der Waals surface area contributed by atoms with E-state index in [1.165, 1.54) is 36.4 Å². The molecule has 160 valence electrons. The highest BCUT2D eigenvalue weighted by molar-refractivity contribution is 8.00. The maximum absolute atomic E-state index is 13.3. The van der Waals surface area contributed by atoms with Gasteiger partial charge in [-0.05, 0) is 25.0 Å². The van der Waals surface area contributed by atoms with E-state index in [0.717, 1.165) is 30.7 Å². The fraction of sp³-hybridized carbons (Fsp3) is 0.476. The monoisotopic (exact) mass is 447 g/mol. The number of rotatable bonds is 7. The summed E-state index contributed by atoms with van der Waals surface area (Å²) in [6.45, 7) is 0. The molecule has 1 aromatic carbocycles. The summed E-state index contributed by atoms with van der Waals surface area (Å²) in [6.07, 6.45) is 5.19. The maximum atomic E-state index is 13.3. The molecule has 4 rings (SSSR count). The van der Waals surface area contributed by atoms with Gasteiger partial charge in [-0.15, -0.1) is 11.8 Å². The Bertz CT molecular complexity index is 1000. The van der Waals surface area contributed by atoms with Crippen LogP contribution in [0.4, 0.5) is 0 Å². The summed E-state index contributed by atoms with van der Waals surface area (Å²) in [5.41, 5.74) is 1.35. The van der Waals surface area contributed by atoms with Crippen molar-refractivity contribution < 1.29 is 14.3 Å². The molecule has 1 aliphatic carbocycles. The van der Waals surface area contributed by atoms with E-state index < -0.39 is 0 Å². The van der Waals surface area contributed by atoms with Crippen molar-refractivity contribution in [3.05, 3.63) is 34.2 Å². The maximum Gasteiger partial charge on any atom is 0.272 e. The molecule has 1 fully saturated rings. The van der Waals surface area contributed by atoms with Gasteiger partial charge in [0, 0.05) is 24.3 Å². The molecule has 0 atom stereocenters. The molecule has 0 radical (unpaired) electrons. The molecule has 1 aromatic heterocycles. The largest absolute Gasteiger partial charge is 0.493 e. The lowest BCUT2D eigenvalue weighted by Crippen LogP contribution is -2.34. The first-order valence-electron chi connectivity index (χ1n) is 10.0. The number of benzene rings is 1. The molecule has 1 aliphatic heterocycles. The molecule has 1 saturated carbocycles. The predicted molar refractivity (Wildman–Crippen MR) is 118 cm³/mol. The van der Waals surface area contributed by atoms with Crippen molar-refractivity contribution in [2.45, 2.75) is 48.2 Å². The smallest absolute Gasteiger partial charge is 0.272 e. The van der Waals surface area contributed by atoms with E-state index >= 15 is 0 Å². The molecule has 1 N–H and O–H groups in total. The molecule has 0 saturated heterocycles. The first-order chi connectivity index (χ1) is 14.6. The molecule has 2 heterocycles. The summed E-state index contributed by atoms with van der Waals surface area (Å²) >= 11 is 2.83. The van der Waals surface area contributed by atoms with E-state index in [4.69, 9.17) is 14.5 Å². The Morgan fingerprint density at radius 2 is 2.03 bits per heavy atom. The Hall–Kier alpha value is -2.13. The summed E-state index contributed by atoms with van der Waals surface area (Å²) < 4.78 is 12.3. The van der Waals surface area contributed by atoms with E-state index in [0.29, 0.717) is 27.2 Å². The standard InChI is InChI=1S/C21H25N3O4S2/c1-27-16-8-7-14(11-17(16)28-2)24-20(26)19-15(9-10-29-19)23-21(24)30-12-18(25)22-13-5-3-4-6-13/h7-8,11,13H,3-6,9-10,12H2,1-2H3,(H,22,25). The lowest BCUT2D eigenvalue weighted by Gasteiger charge is -2.16. The number of thioether (sulfide) groups is 2. The average molecular weight is 448 g/mol. The zero-order valence-corrected chi connectivity index (χ0v) is 18.7. The molecule has 0 spiro atoms. The number of methoxy groups -OCH3 is 2. The minimum Gasteiger partial charge on any atom is -0.493 e. The van der Waals surface area contributed by atoms with Crippen LogP contribution >= 0.6 is 23.5 Å². The van der Waals surface area contributed by atoms with Crippen LogP contribution in [0, 0.1) is 0 Å². The second-order valence-corrected chi connectivity index (χ2v) is 9.33. The number of hydrogen-bond donors (Lipinski definition) is 1. The van der Waals surface area contributed by atoms with Crippen molar-refractivity contribution >= 4 is 29.4 Å². The van der Waals surface area contributed by atoms with Gasteiger partial charge in [-0.2, -0.15) is 0 Å². The third-order valence-electron chi connectivity index (χ3n) is 5.34. The van der Waals surface area contributed by atoms with Gasteiger partial charge in [-0.1, -0.05) is 24.6 Å². The zero-order chi connectivity index (χ0) is 21.1. The van der Waals surface area contributed by atoms with E-state index in [2.05, 4.69) is 5.32 Å². The molecule has 7 nitrogen and oxygen atoms in total. The first kappa shape index (κ1) is 21.1. The summed E-state index contributed by atoms with van der Waals surface area (Å²) in [5, 5.41) is 3.62. The third kappa shape index (κ3) is 4.32. The van der Waals surface area contributed by atoms with Crippen molar-refractivity contribution in [2.75, 3.05) is 25.7 Å². The van der Waals surface area contributed by atoms with Gasteiger partial charge >= 0.3 is 0 Å². The predicted octanol–water partition coefficient (Wildman–Crippen LogP) is 3.05. The van der Waals surface area contributed by atoms with Crippen LogP contribution in [-0.2, 0) is 11.2 Å². The molecule has 2 aromatic rings. The van der Waals surface area contributed by atoms with Gasteiger partial charge in [0.1, 0.15) is 0 Å². The van der Waals surface area contributed by atoms with Crippen molar-refractivity contribution in [2.24, 2.45) is 0 Å². The quantitative estimate of drug-likeness (QED) is 0.516. The van der Waals surface area contributed by atoms with Gasteiger partial charge in [0.05, 0.1) is 36.2 Å². The Labute approximate surface area is 183 Å². The number of carbonyl (C=O) groups excluding carboxylic acids is 1. The first-order valence-corrected chi connectivity index (χ1v) is 12.0. The van der Waals surface area contributed by atoms with Crippen LogP contribution in [0.2, 0.25) is 0 Å². The highest BCUT2D eigenvalue weighted by Crippen LogP contribution is 2.33. The van der Waals surface area contributed by atoms with Crippen LogP contribution in [0.3, 0.4) is 0 Å². The van der Waals surface area contributed by atoms with Gasteiger partial charge in [-0.3, -0.25) is 14.2 Å². The number of amides is 1. The molecule has 9 heteroatoms. The van der Waals surface area contributed by atoms with Crippen LogP contribution in [0.15, 0.2) is 33.0 Å². The lowest BCUT2D eigenvalue weighted by molar-refractivity contribution is -0.119. The van der Waals surface area contributed by atoms with Gasteiger partial charge in [0.2, 0.25) is 5.91 Å². The number of aryl methyl sites for hydroxylation is 1. The SMILES string of the molecule is COc1ccc(-n2c(SCC(=O)NC3CCCC3)nc3c(c2=O)SCC3)cc1OC. The van der Waals surface area contributed by atoms with Gasteiger partial charge in [0.25, 0.3) is 5.56 Å². The number of ether oxygens (including phenoxy) is 2. The Balaban J connectivity index is 1.65. The summed E-state index contributed by atoms with van der Waals surface area (Å²) in [4.78, 5) is 31.1. The van der Waals surface area contributed by atoms with Gasteiger partial charge < -0.3 is 14.8 Å². The minimum atomic E-state index is -0.103. The highest BCUT2D eigenvalue weighted by atomic mass is 32.2. The van der Waals surface area contributed by atoms with Crippen molar-refractivity contribution in [1.29, 1.82) is 0 Å². The molecule has 0 unspecified atom stereocenters. The van der Waals surface area contributed by atoms with E-state index in [1.807, 2.05) is 0 Å². The second-order valence-electron chi connectivity index (χ2n) is 7.29. The van der Waals surface area contributed by atoms with E-state index in [-0.39, 0.29) is 23.3 Å². The number of nitrogens with zero attached hydrogens (tertiary/aromatic N) is 2. The van der Waals surface area contributed by atoms with E-state index in [1.54, 1.807) is 37.0 Å². The highest BCUT2D eigenvalue weighted by Gasteiger charge is 2.24. The fourth-order valence-corrected chi connectivity index (χ4v) is 5.71. The lowest BCUT2D eigenvalue weighted by atomic mass is 10.2. The molecule has 30 heavy (non-hydrogen) atoms. The molecular formula is C21H25N3O4S2. The van der Waals surface area contributed by atoms with Crippen molar-refractivity contribution in [1.82, 2.24) is 14.9 Å². The molecule has 1 amide bonds. The van der Waals surface area contributed by atoms with Crippen molar-refractivity contribution in [3.8, 4) is 17.2 Å². The normalized spacial score (nSPS) is 15.8. The Morgan fingerprint density at radius 3 is 2.77 bits per heavy atom. The van der Waals surface area contributed by atoms with Crippen molar-refractivity contribution in [3.63, 3.8) is 0 Å². The number of hydrogen-bond acceptors (Lipinski definition) is 7. The minimum absolute atomic E-state index is 0.0186. The van der Waals surface area contributed by atoms with Crippen LogP contribution in [0.25, 0.3) is 5.69 Å². The number of nitrogens with one attached hydrogen (secondary N) is 1. The molecule has 0 bridgehead atoms. The van der Waals surface area contributed by atoms with Gasteiger partial charge in [-0.25, -0.2) is 4.98 Å². The second kappa shape index (κ2) is 9.34. The summed E-state index contributed by atoms with van der Waals surface area (Å²) in [7, 11) is 3.13. The van der Waals surface area contributed by atoms with Crippen LogP contribution in [-0.4, -0.2) is 47.2 Å². The van der Waals surface area contributed by atoms with Gasteiger partial charge in [0.15, 0.2) is 16.7 Å². The third-order valence-corrected chi connectivity index (χ3v) is 7.39. The number of aromatic nitrogens is 2. The fourth-order valence-electron chi connectivity index (χ4n) is 3.85. The number of carbonyl (C=O) groups is 1. The topological polar surface area (TPSA) is 82.5 Å². The Kier molecular flexibility index (Phi) is 6.58. The number of fused-ring (bicyclic) bond motifs is 1. The Morgan fingerprint density at radius 1 is 1.27 bits per heavy atom. The summed E-state index contributed by atoms with van der Waals surface area (Å²) in [5.74, 6) is 2.17.